The lowest BCUT2D eigenvalue weighted by Crippen LogP contribution is -2.47. The smallest absolute Gasteiger partial charge is 0.104 e. The lowest BCUT2D eigenvalue weighted by molar-refractivity contribution is -0.0683. The van der Waals surface area contributed by atoms with Gasteiger partial charge in [-0.2, -0.15) is 5.26 Å². The quantitative estimate of drug-likeness (QED) is 0.797. The molecule has 2 aliphatic rings. The van der Waals surface area contributed by atoms with E-state index in [0.717, 1.165) is 32.5 Å². The number of hydrogen-bond donors (Lipinski definition) is 1. The van der Waals surface area contributed by atoms with E-state index in [1.807, 2.05) is 6.92 Å². The minimum absolute atomic E-state index is 0.329. The highest BCUT2D eigenvalue weighted by Gasteiger charge is 2.32. The first-order valence-electron chi connectivity index (χ1n) is 7.57. The fourth-order valence-corrected chi connectivity index (χ4v) is 2.96. The summed E-state index contributed by atoms with van der Waals surface area (Å²) in [5.41, 5.74) is -0.343. The van der Waals surface area contributed by atoms with Crippen molar-refractivity contribution in [3.05, 3.63) is 0 Å². The van der Waals surface area contributed by atoms with E-state index >= 15 is 0 Å². The number of nitriles is 1. The molecule has 3 atom stereocenters. The number of ether oxygens (including phenoxy) is 1. The highest BCUT2D eigenvalue weighted by molar-refractivity contribution is 5.07. The van der Waals surface area contributed by atoms with Crippen LogP contribution >= 0.6 is 0 Å². The maximum absolute atomic E-state index is 9.34. The Bertz CT molecular complexity index is 327. The van der Waals surface area contributed by atoms with E-state index in [9.17, 15) is 5.26 Å². The molecule has 4 nitrogen and oxygen atoms in total. The number of morpholine rings is 1. The molecule has 0 bridgehead atoms. The summed E-state index contributed by atoms with van der Waals surface area (Å²) in [5.74, 6) is 0. The van der Waals surface area contributed by atoms with Gasteiger partial charge in [-0.15, -0.1) is 0 Å². The lowest BCUT2D eigenvalue weighted by Gasteiger charge is -2.35. The van der Waals surface area contributed by atoms with Crippen LogP contribution in [0.15, 0.2) is 0 Å². The first kappa shape index (κ1) is 14.8. The fraction of sp³-hybridized carbons (Fsp3) is 0.933. The van der Waals surface area contributed by atoms with Crippen LogP contribution < -0.4 is 5.32 Å². The number of hydrogen-bond acceptors (Lipinski definition) is 4. The Morgan fingerprint density at radius 1 is 1.32 bits per heavy atom. The van der Waals surface area contributed by atoms with E-state index in [1.165, 1.54) is 12.8 Å². The van der Waals surface area contributed by atoms with Crippen LogP contribution in [0.3, 0.4) is 0 Å². The normalized spacial score (nSPS) is 31.7. The minimum atomic E-state index is -0.343. The molecule has 108 valence electrons. The van der Waals surface area contributed by atoms with Crippen molar-refractivity contribution in [2.75, 3.05) is 19.6 Å². The van der Waals surface area contributed by atoms with E-state index in [4.69, 9.17) is 4.74 Å². The van der Waals surface area contributed by atoms with Gasteiger partial charge in [-0.1, -0.05) is 0 Å². The molecule has 1 heterocycles. The first-order valence-corrected chi connectivity index (χ1v) is 7.57. The van der Waals surface area contributed by atoms with Crippen molar-refractivity contribution >= 4 is 0 Å². The van der Waals surface area contributed by atoms with Gasteiger partial charge in [-0.05, 0) is 53.0 Å². The third kappa shape index (κ3) is 4.76. The molecule has 1 N–H and O–H groups in total. The predicted octanol–water partition coefficient (Wildman–Crippen LogP) is 1.91. The average molecular weight is 265 g/mol. The Kier molecular flexibility index (Phi) is 4.83. The molecular formula is C15H27N3O. The zero-order valence-electron chi connectivity index (χ0n) is 12.5. The van der Waals surface area contributed by atoms with Crippen molar-refractivity contribution in [1.82, 2.24) is 10.2 Å². The van der Waals surface area contributed by atoms with Crippen LogP contribution in [-0.2, 0) is 4.74 Å². The molecular weight excluding hydrogens is 238 g/mol. The maximum Gasteiger partial charge on any atom is 0.104 e. The molecule has 19 heavy (non-hydrogen) atoms. The van der Waals surface area contributed by atoms with Gasteiger partial charge in [0, 0.05) is 19.1 Å². The molecule has 1 saturated heterocycles. The number of rotatable bonds is 6. The summed E-state index contributed by atoms with van der Waals surface area (Å²) in [6, 6.07) is 3.04. The SMILES string of the molecule is C[C@@H]1CN(CCCC(C)(C#N)NC2CC2)C[C@H](C)O1. The molecule has 0 radical (unpaired) electrons. The molecule has 0 aromatic heterocycles. The summed E-state index contributed by atoms with van der Waals surface area (Å²) in [6.45, 7) is 9.41. The van der Waals surface area contributed by atoms with Crippen molar-refractivity contribution in [3.8, 4) is 6.07 Å². The summed E-state index contributed by atoms with van der Waals surface area (Å²) in [7, 11) is 0. The molecule has 2 rings (SSSR count). The summed E-state index contributed by atoms with van der Waals surface area (Å²) in [5, 5.41) is 12.8. The Morgan fingerprint density at radius 3 is 2.47 bits per heavy atom. The van der Waals surface area contributed by atoms with Gasteiger partial charge in [0.1, 0.15) is 5.54 Å². The van der Waals surface area contributed by atoms with E-state index in [1.54, 1.807) is 0 Å². The van der Waals surface area contributed by atoms with Crippen LogP contribution in [0.5, 0.6) is 0 Å². The highest BCUT2D eigenvalue weighted by atomic mass is 16.5. The fourth-order valence-electron chi connectivity index (χ4n) is 2.96. The van der Waals surface area contributed by atoms with Crippen molar-refractivity contribution in [3.63, 3.8) is 0 Å². The zero-order chi connectivity index (χ0) is 13.9. The molecule has 1 unspecified atom stereocenters. The van der Waals surface area contributed by atoms with Gasteiger partial charge in [0.05, 0.1) is 18.3 Å². The molecule has 0 aromatic carbocycles. The maximum atomic E-state index is 9.34. The molecule has 0 aromatic rings. The molecule has 4 heteroatoms. The minimum Gasteiger partial charge on any atom is -0.373 e. The van der Waals surface area contributed by atoms with E-state index < -0.39 is 0 Å². The van der Waals surface area contributed by atoms with Crippen molar-refractivity contribution < 1.29 is 4.74 Å². The lowest BCUT2D eigenvalue weighted by atomic mass is 9.97. The second-order valence-corrected chi connectivity index (χ2v) is 6.48. The molecule has 1 aliphatic heterocycles. The number of nitrogens with one attached hydrogen (secondary N) is 1. The van der Waals surface area contributed by atoms with Crippen molar-refractivity contribution in [1.29, 1.82) is 5.26 Å². The first-order chi connectivity index (χ1) is 9.00. The number of nitrogens with zero attached hydrogens (tertiary/aromatic N) is 2. The van der Waals surface area contributed by atoms with Gasteiger partial charge in [0.25, 0.3) is 0 Å². The van der Waals surface area contributed by atoms with Gasteiger partial charge >= 0.3 is 0 Å². The van der Waals surface area contributed by atoms with E-state index in [2.05, 4.69) is 30.1 Å². The standard InChI is InChI=1S/C15H27N3O/c1-12-9-18(10-13(2)19-12)8-4-7-15(3,11-16)17-14-5-6-14/h12-14,17H,4-10H2,1-3H3/t12-,13+,15?. The van der Waals surface area contributed by atoms with Crippen LogP contribution in [0.4, 0.5) is 0 Å². The Labute approximate surface area is 117 Å². The van der Waals surface area contributed by atoms with E-state index in [0.29, 0.717) is 18.2 Å². The third-order valence-corrected chi connectivity index (χ3v) is 3.99. The van der Waals surface area contributed by atoms with Gasteiger partial charge < -0.3 is 4.74 Å². The molecule has 0 amide bonds. The Balaban J connectivity index is 1.71. The van der Waals surface area contributed by atoms with E-state index in [-0.39, 0.29) is 5.54 Å². The van der Waals surface area contributed by atoms with Crippen LogP contribution in [0.2, 0.25) is 0 Å². The Hall–Kier alpha value is -0.630. The second kappa shape index (κ2) is 6.21. The van der Waals surface area contributed by atoms with Crippen LogP contribution in [0, 0.1) is 11.3 Å². The van der Waals surface area contributed by atoms with Crippen LogP contribution in [0.1, 0.15) is 46.5 Å². The molecule has 2 fully saturated rings. The van der Waals surface area contributed by atoms with Gasteiger partial charge in [0.2, 0.25) is 0 Å². The summed E-state index contributed by atoms with van der Waals surface area (Å²) in [4.78, 5) is 2.47. The highest BCUT2D eigenvalue weighted by Crippen LogP contribution is 2.24. The largest absolute Gasteiger partial charge is 0.373 e. The van der Waals surface area contributed by atoms with Crippen LogP contribution in [0.25, 0.3) is 0 Å². The zero-order valence-corrected chi connectivity index (χ0v) is 12.5. The molecule has 1 aliphatic carbocycles. The second-order valence-electron chi connectivity index (χ2n) is 6.48. The van der Waals surface area contributed by atoms with Gasteiger partial charge in [0.15, 0.2) is 0 Å². The third-order valence-electron chi connectivity index (χ3n) is 3.99. The summed E-state index contributed by atoms with van der Waals surface area (Å²) in [6.07, 6.45) is 5.13. The molecule has 1 saturated carbocycles. The molecule has 0 spiro atoms. The Morgan fingerprint density at radius 2 is 1.95 bits per heavy atom. The monoisotopic (exact) mass is 265 g/mol. The van der Waals surface area contributed by atoms with Crippen molar-refractivity contribution in [2.45, 2.75) is 70.2 Å². The summed E-state index contributed by atoms with van der Waals surface area (Å²) >= 11 is 0. The topological polar surface area (TPSA) is 48.3 Å². The van der Waals surface area contributed by atoms with Crippen molar-refractivity contribution in [2.24, 2.45) is 0 Å². The average Bonchev–Trinajstić information content (AvgIpc) is 3.11. The predicted molar refractivity (Wildman–Crippen MR) is 75.9 cm³/mol. The summed E-state index contributed by atoms with van der Waals surface area (Å²) < 4.78 is 5.74. The van der Waals surface area contributed by atoms with Crippen LogP contribution in [-0.4, -0.2) is 48.3 Å². The van der Waals surface area contributed by atoms with Gasteiger partial charge in [-0.25, -0.2) is 0 Å². The van der Waals surface area contributed by atoms with Gasteiger partial charge in [-0.3, -0.25) is 10.2 Å².